The third-order valence-electron chi connectivity index (χ3n) is 7.00. The fourth-order valence-electron chi connectivity index (χ4n) is 4.49. The normalized spacial score (nSPS) is 14.5. The van der Waals surface area contributed by atoms with Crippen molar-refractivity contribution in [2.45, 2.75) is 32.7 Å². The molecule has 2 heterocycles. The Morgan fingerprint density at radius 2 is 1.76 bits per heavy atom. The quantitative estimate of drug-likeness (QED) is 0.442. The number of hydrogen-bond acceptors (Lipinski definition) is 6. The van der Waals surface area contributed by atoms with Gasteiger partial charge >= 0.3 is 0 Å². The Balaban J connectivity index is 1.39. The molecule has 0 N–H and O–H groups in total. The number of carbonyl (C=O) groups is 2. The van der Waals surface area contributed by atoms with E-state index in [9.17, 15) is 14.0 Å². The first-order chi connectivity index (χ1) is 18.4. The summed E-state index contributed by atoms with van der Waals surface area (Å²) in [5, 5.41) is 8.83. The minimum Gasteiger partial charge on any atom is -0.497 e. The maximum Gasteiger partial charge on any atom is 0.257 e. The molecule has 1 aliphatic rings. The van der Waals surface area contributed by atoms with Gasteiger partial charge in [0, 0.05) is 37.8 Å². The number of ether oxygens (including phenoxy) is 1. The number of carbonyl (C=O) groups excluding carboxylic acids is 2. The van der Waals surface area contributed by atoms with Crippen molar-refractivity contribution in [1.82, 2.24) is 20.0 Å². The second kappa shape index (κ2) is 12.5. The van der Waals surface area contributed by atoms with Gasteiger partial charge in [-0.2, -0.15) is 0 Å². The van der Waals surface area contributed by atoms with Crippen molar-refractivity contribution >= 4 is 17.6 Å². The molecule has 0 bridgehead atoms. The van der Waals surface area contributed by atoms with E-state index < -0.39 is 11.7 Å². The SMILES string of the molecule is CC[C@H](C)N(CC(=O)N1CCCN(c2ccc(-c3ccc(OC)cc3)nn2)CC1)C(=O)c1ccccc1F. The third kappa shape index (κ3) is 6.27. The molecular formula is C29H34FN5O3. The van der Waals surface area contributed by atoms with E-state index >= 15 is 0 Å². The van der Waals surface area contributed by atoms with Crippen LogP contribution in [0.25, 0.3) is 11.3 Å². The van der Waals surface area contributed by atoms with E-state index in [1.165, 1.54) is 17.0 Å². The molecule has 8 nitrogen and oxygen atoms in total. The van der Waals surface area contributed by atoms with Gasteiger partial charge in [0.05, 0.1) is 18.4 Å². The van der Waals surface area contributed by atoms with Crippen LogP contribution in [0.4, 0.5) is 10.2 Å². The molecule has 0 spiro atoms. The van der Waals surface area contributed by atoms with Crippen molar-refractivity contribution in [1.29, 1.82) is 0 Å². The fraction of sp³-hybridized carbons (Fsp3) is 0.379. The second-order valence-electron chi connectivity index (χ2n) is 9.40. The molecule has 4 rings (SSSR count). The maximum absolute atomic E-state index is 14.3. The van der Waals surface area contributed by atoms with Crippen LogP contribution < -0.4 is 9.64 Å². The standard InChI is InChI=1S/C29H34FN5O3/c1-4-21(2)35(29(37)24-8-5-6-9-25(24)30)20-28(36)34-17-7-16-33(18-19-34)27-15-14-26(31-32-27)22-10-12-23(38-3)13-11-22/h5-6,8-15,21H,4,7,16-20H2,1-3H3/t21-/m0/s1. The van der Waals surface area contributed by atoms with Crippen molar-refractivity contribution in [2.24, 2.45) is 0 Å². The predicted octanol–water partition coefficient (Wildman–Crippen LogP) is 4.27. The van der Waals surface area contributed by atoms with Crippen LogP contribution in [-0.4, -0.2) is 77.7 Å². The molecule has 38 heavy (non-hydrogen) atoms. The Hall–Kier alpha value is -4.01. The Labute approximate surface area is 223 Å². The van der Waals surface area contributed by atoms with Gasteiger partial charge in [0.25, 0.3) is 5.91 Å². The number of amides is 2. The van der Waals surface area contributed by atoms with Crippen molar-refractivity contribution in [3.8, 4) is 17.0 Å². The lowest BCUT2D eigenvalue weighted by Gasteiger charge is -2.31. The molecule has 0 saturated carbocycles. The van der Waals surface area contributed by atoms with Gasteiger partial charge in [0.1, 0.15) is 18.1 Å². The molecule has 2 amide bonds. The summed E-state index contributed by atoms with van der Waals surface area (Å²) < 4.78 is 19.5. The largest absolute Gasteiger partial charge is 0.497 e. The van der Waals surface area contributed by atoms with Gasteiger partial charge < -0.3 is 19.4 Å². The van der Waals surface area contributed by atoms with Crippen LogP contribution in [0.1, 0.15) is 37.0 Å². The average Bonchev–Trinajstić information content (AvgIpc) is 3.22. The number of anilines is 1. The number of methoxy groups -OCH3 is 1. The van der Waals surface area contributed by atoms with E-state index in [2.05, 4.69) is 15.1 Å². The highest BCUT2D eigenvalue weighted by Gasteiger charge is 2.28. The lowest BCUT2D eigenvalue weighted by molar-refractivity contribution is -0.132. The van der Waals surface area contributed by atoms with E-state index in [4.69, 9.17) is 4.74 Å². The number of rotatable bonds is 8. The lowest BCUT2D eigenvalue weighted by atomic mass is 10.1. The first-order valence-electron chi connectivity index (χ1n) is 13.0. The zero-order chi connectivity index (χ0) is 27.1. The van der Waals surface area contributed by atoms with Crippen molar-refractivity contribution in [3.05, 3.63) is 72.0 Å². The maximum atomic E-state index is 14.3. The van der Waals surface area contributed by atoms with Crippen LogP contribution >= 0.6 is 0 Å². The minimum absolute atomic E-state index is 0.0145. The fourth-order valence-corrected chi connectivity index (χ4v) is 4.49. The summed E-state index contributed by atoms with van der Waals surface area (Å²) in [4.78, 5) is 31.8. The lowest BCUT2D eigenvalue weighted by Crippen LogP contribution is -2.47. The van der Waals surface area contributed by atoms with E-state index in [1.807, 2.05) is 50.2 Å². The van der Waals surface area contributed by atoms with Gasteiger partial charge in [0.2, 0.25) is 5.91 Å². The van der Waals surface area contributed by atoms with E-state index in [0.29, 0.717) is 26.1 Å². The molecule has 2 aromatic carbocycles. The smallest absolute Gasteiger partial charge is 0.257 e. The van der Waals surface area contributed by atoms with Crippen LogP contribution in [0, 0.1) is 5.82 Å². The zero-order valence-corrected chi connectivity index (χ0v) is 22.1. The van der Waals surface area contributed by atoms with Crippen LogP contribution in [0.3, 0.4) is 0 Å². The molecule has 0 aliphatic carbocycles. The zero-order valence-electron chi connectivity index (χ0n) is 22.1. The number of halogens is 1. The molecule has 200 valence electrons. The molecular weight excluding hydrogens is 485 g/mol. The van der Waals surface area contributed by atoms with Gasteiger partial charge in [-0.1, -0.05) is 19.1 Å². The van der Waals surface area contributed by atoms with Crippen molar-refractivity contribution in [3.63, 3.8) is 0 Å². The van der Waals surface area contributed by atoms with Gasteiger partial charge in [-0.25, -0.2) is 4.39 Å². The van der Waals surface area contributed by atoms with Crippen LogP contribution in [-0.2, 0) is 4.79 Å². The molecule has 1 fully saturated rings. The summed E-state index contributed by atoms with van der Waals surface area (Å²) in [6, 6.07) is 17.2. The van der Waals surface area contributed by atoms with Gasteiger partial charge in [-0.15, -0.1) is 10.2 Å². The van der Waals surface area contributed by atoms with Gasteiger partial charge in [-0.3, -0.25) is 9.59 Å². The molecule has 0 unspecified atom stereocenters. The van der Waals surface area contributed by atoms with Gasteiger partial charge in [0.15, 0.2) is 5.82 Å². The Morgan fingerprint density at radius 1 is 1.00 bits per heavy atom. The molecule has 1 atom stereocenters. The third-order valence-corrected chi connectivity index (χ3v) is 7.00. The first-order valence-corrected chi connectivity index (χ1v) is 13.0. The summed E-state index contributed by atoms with van der Waals surface area (Å²) in [6.07, 6.45) is 1.42. The van der Waals surface area contributed by atoms with Crippen molar-refractivity contribution < 1.29 is 18.7 Å². The Morgan fingerprint density at radius 3 is 2.42 bits per heavy atom. The topological polar surface area (TPSA) is 78.9 Å². The molecule has 1 aliphatic heterocycles. The highest BCUT2D eigenvalue weighted by Crippen LogP contribution is 2.22. The van der Waals surface area contributed by atoms with E-state index in [-0.39, 0.29) is 24.1 Å². The molecule has 0 radical (unpaired) electrons. The first kappa shape index (κ1) is 27.0. The molecule has 1 saturated heterocycles. The number of hydrogen-bond donors (Lipinski definition) is 0. The second-order valence-corrected chi connectivity index (χ2v) is 9.40. The summed E-state index contributed by atoms with van der Waals surface area (Å²) in [7, 11) is 1.63. The highest BCUT2D eigenvalue weighted by atomic mass is 19.1. The Kier molecular flexibility index (Phi) is 8.89. The number of benzene rings is 2. The van der Waals surface area contributed by atoms with E-state index in [1.54, 1.807) is 24.1 Å². The van der Waals surface area contributed by atoms with Crippen LogP contribution in [0.15, 0.2) is 60.7 Å². The minimum atomic E-state index is -0.581. The average molecular weight is 520 g/mol. The number of aromatic nitrogens is 2. The van der Waals surface area contributed by atoms with Crippen LogP contribution in [0.2, 0.25) is 0 Å². The summed E-state index contributed by atoms with van der Waals surface area (Å²) in [6.45, 7) is 6.17. The summed E-state index contributed by atoms with van der Waals surface area (Å²) in [5.41, 5.74) is 1.71. The molecule has 1 aromatic heterocycles. The number of nitrogens with zero attached hydrogens (tertiary/aromatic N) is 5. The highest BCUT2D eigenvalue weighted by molar-refractivity contribution is 5.97. The van der Waals surface area contributed by atoms with E-state index in [0.717, 1.165) is 35.8 Å². The summed E-state index contributed by atoms with van der Waals surface area (Å²) >= 11 is 0. The monoisotopic (exact) mass is 519 g/mol. The predicted molar refractivity (Wildman–Crippen MR) is 145 cm³/mol. The summed E-state index contributed by atoms with van der Waals surface area (Å²) in [5.74, 6) is 0.355. The van der Waals surface area contributed by atoms with Gasteiger partial charge in [-0.05, 0) is 68.3 Å². The van der Waals surface area contributed by atoms with Crippen molar-refractivity contribution in [2.75, 3.05) is 44.7 Å². The Bertz CT molecular complexity index is 1240. The molecule has 3 aromatic rings. The van der Waals surface area contributed by atoms with Crippen LogP contribution in [0.5, 0.6) is 5.75 Å². The molecule has 9 heteroatoms.